The molecule has 2 aromatic carbocycles. The molecule has 0 spiro atoms. The number of benzene rings is 2. The minimum absolute atomic E-state index is 0. The minimum Gasteiger partial charge on any atom is -0.542 e. The molecule has 0 bridgehead atoms. The number of aliphatic hydroxyl groups is 1. The van der Waals surface area contributed by atoms with E-state index in [4.69, 9.17) is 4.74 Å². The van der Waals surface area contributed by atoms with Gasteiger partial charge >= 0.3 is 0 Å². The van der Waals surface area contributed by atoms with E-state index in [0.717, 1.165) is 5.56 Å². The number of rotatable bonds is 9. The van der Waals surface area contributed by atoms with E-state index in [1.807, 2.05) is 30.3 Å². The summed E-state index contributed by atoms with van der Waals surface area (Å²) in [5, 5.41) is 10.7. The van der Waals surface area contributed by atoms with Gasteiger partial charge in [0.25, 0.3) is 0 Å². The molecule has 1 radical (unpaired) electrons. The second kappa shape index (κ2) is 11.4. The standard InChI is InChI=1S/C22H25NO4.Y/c1-22(26,14-7-15-24)20(21(25)23(2)3)18-10-12-19(13-11-18)27-16-17-8-5-4-6-9-17;/h4-6,8-13,20,26H,1,7,14,16H2,2-3H3;/q-2;. The van der Waals surface area contributed by atoms with Crippen molar-refractivity contribution in [3.05, 3.63) is 72.6 Å². The van der Waals surface area contributed by atoms with Gasteiger partial charge in [-0.3, -0.25) is 11.1 Å². The predicted molar refractivity (Wildman–Crippen MR) is 104 cm³/mol. The Morgan fingerprint density at radius 3 is 2.32 bits per heavy atom. The molecule has 1 N–H and O–H groups in total. The van der Waals surface area contributed by atoms with Crippen LogP contribution in [0.15, 0.2) is 54.6 Å². The second-order valence-electron chi connectivity index (χ2n) is 6.76. The zero-order chi connectivity index (χ0) is 19.9. The molecule has 2 aromatic rings. The molecular weight excluding hydrogens is 431 g/mol. The molecule has 0 fully saturated rings. The maximum Gasteiger partial charge on any atom is 0.229 e. The molecule has 6 heteroatoms. The normalized spacial score (nSPS) is 13.6. The van der Waals surface area contributed by atoms with Gasteiger partial charge in [0.05, 0.1) is 5.92 Å². The number of ether oxygens (including phenoxy) is 1. The van der Waals surface area contributed by atoms with Crippen molar-refractivity contribution in [3.8, 4) is 5.75 Å². The van der Waals surface area contributed by atoms with E-state index >= 15 is 0 Å². The van der Waals surface area contributed by atoms with Crippen molar-refractivity contribution in [2.75, 3.05) is 14.1 Å². The Hall–Kier alpha value is -1.56. The molecule has 5 nitrogen and oxygen atoms in total. The van der Waals surface area contributed by atoms with Gasteiger partial charge in [0.15, 0.2) is 0 Å². The number of carbonyl (C=O) groups excluding carboxylic acids is 2. The Morgan fingerprint density at radius 1 is 1.18 bits per heavy atom. The van der Waals surface area contributed by atoms with Crippen LogP contribution in [0, 0.1) is 6.92 Å². The molecule has 2 rings (SSSR count). The molecule has 2 atom stereocenters. The third-order valence-electron chi connectivity index (χ3n) is 4.35. The fraction of sp³-hybridized carbons (Fsp3) is 0.318. The van der Waals surface area contributed by atoms with E-state index in [1.165, 1.54) is 4.90 Å². The van der Waals surface area contributed by atoms with Crippen LogP contribution in [0.4, 0.5) is 0 Å². The Balaban J connectivity index is 0.00000392. The van der Waals surface area contributed by atoms with Crippen LogP contribution in [0.2, 0.25) is 0 Å². The van der Waals surface area contributed by atoms with E-state index in [-0.39, 0.29) is 51.5 Å². The topological polar surface area (TPSA) is 66.8 Å². The zero-order valence-corrected chi connectivity index (χ0v) is 19.1. The van der Waals surface area contributed by atoms with E-state index in [0.29, 0.717) is 17.9 Å². The molecule has 0 aliphatic carbocycles. The van der Waals surface area contributed by atoms with E-state index in [9.17, 15) is 14.7 Å². The van der Waals surface area contributed by atoms with Crippen molar-refractivity contribution in [2.24, 2.45) is 0 Å². The first kappa shape index (κ1) is 24.5. The monoisotopic (exact) mass is 456 g/mol. The third-order valence-corrected chi connectivity index (χ3v) is 4.35. The number of amides is 1. The predicted octanol–water partition coefficient (Wildman–Crippen LogP) is 2.89. The van der Waals surface area contributed by atoms with Gasteiger partial charge in [0.1, 0.15) is 12.4 Å². The van der Waals surface area contributed by atoms with Crippen LogP contribution in [0.5, 0.6) is 5.75 Å². The fourth-order valence-electron chi connectivity index (χ4n) is 2.85. The summed E-state index contributed by atoms with van der Waals surface area (Å²) in [6.07, 6.45) is 1.80. The van der Waals surface area contributed by atoms with Crippen LogP contribution in [0.25, 0.3) is 0 Å². The molecule has 0 aliphatic heterocycles. The summed E-state index contributed by atoms with van der Waals surface area (Å²) in [6.45, 7) is 4.22. The summed E-state index contributed by atoms with van der Waals surface area (Å²) in [7, 11) is 3.24. The first-order chi connectivity index (χ1) is 12.8. The molecule has 0 heterocycles. The Bertz CT molecular complexity index is 745. The van der Waals surface area contributed by atoms with Gasteiger partial charge in [-0.25, -0.2) is 0 Å². The van der Waals surface area contributed by atoms with Crippen LogP contribution in [-0.2, 0) is 48.9 Å². The van der Waals surface area contributed by atoms with Gasteiger partial charge in [0, 0.05) is 46.8 Å². The van der Waals surface area contributed by atoms with E-state index < -0.39 is 11.5 Å². The van der Waals surface area contributed by atoms with Crippen LogP contribution in [0.3, 0.4) is 0 Å². The largest absolute Gasteiger partial charge is 0.542 e. The van der Waals surface area contributed by atoms with Crippen LogP contribution < -0.4 is 4.74 Å². The summed E-state index contributed by atoms with van der Waals surface area (Å²) in [4.78, 5) is 24.6. The van der Waals surface area contributed by atoms with Crippen molar-refractivity contribution in [2.45, 2.75) is 31.0 Å². The number of hydrogen-bond acceptors (Lipinski definition) is 4. The van der Waals surface area contributed by atoms with Gasteiger partial charge in [0.2, 0.25) is 5.91 Å². The minimum atomic E-state index is -1.61. The van der Waals surface area contributed by atoms with Crippen molar-refractivity contribution >= 4 is 12.2 Å². The van der Waals surface area contributed by atoms with Crippen molar-refractivity contribution in [1.82, 2.24) is 4.90 Å². The molecular formula is C22H25NO4Y-2. The van der Waals surface area contributed by atoms with E-state index in [2.05, 4.69) is 6.92 Å². The maximum absolute atomic E-state index is 12.6. The van der Waals surface area contributed by atoms with Crippen LogP contribution in [-0.4, -0.2) is 41.9 Å². The molecule has 0 aliphatic rings. The first-order valence-corrected chi connectivity index (χ1v) is 8.75. The van der Waals surface area contributed by atoms with Gasteiger partial charge in [-0.2, -0.15) is 6.42 Å². The molecule has 2 unspecified atom stereocenters. The Labute approximate surface area is 192 Å². The molecule has 0 saturated heterocycles. The van der Waals surface area contributed by atoms with Crippen LogP contribution in [0.1, 0.15) is 29.9 Å². The summed E-state index contributed by atoms with van der Waals surface area (Å²) >= 11 is 0. The Kier molecular flexibility index (Phi) is 10.0. The van der Waals surface area contributed by atoms with Gasteiger partial charge < -0.3 is 26.5 Å². The smallest absolute Gasteiger partial charge is 0.229 e. The summed E-state index contributed by atoms with van der Waals surface area (Å²) in [5.74, 6) is -0.507. The molecule has 0 aromatic heterocycles. The molecule has 147 valence electrons. The quantitative estimate of drug-likeness (QED) is 0.590. The van der Waals surface area contributed by atoms with Crippen molar-refractivity contribution < 1.29 is 52.1 Å². The third kappa shape index (κ3) is 6.80. The summed E-state index contributed by atoms with van der Waals surface area (Å²) < 4.78 is 5.76. The maximum atomic E-state index is 12.6. The molecule has 28 heavy (non-hydrogen) atoms. The second-order valence-corrected chi connectivity index (χ2v) is 6.76. The van der Waals surface area contributed by atoms with Gasteiger partial charge in [-0.15, -0.1) is 0 Å². The fourth-order valence-corrected chi connectivity index (χ4v) is 2.85. The number of likely N-dealkylation sites (N-methyl/N-ethyl adjacent to an activating group) is 1. The number of carbonyl (C=O) groups is 1. The van der Waals surface area contributed by atoms with Crippen molar-refractivity contribution in [1.29, 1.82) is 0 Å². The number of hydrogen-bond donors (Lipinski definition) is 1. The Morgan fingerprint density at radius 2 is 1.79 bits per heavy atom. The van der Waals surface area contributed by atoms with Gasteiger partial charge in [-0.05, 0) is 28.9 Å². The number of nitrogens with zero attached hydrogens (tertiary/aromatic N) is 1. The SMILES string of the molecule is [CH2-]C(O)(CC[C-]=O)C(C(=O)N(C)C)c1ccc(OCc2ccccc2)cc1.[Y]. The average Bonchev–Trinajstić information content (AvgIpc) is 2.66. The zero-order valence-electron chi connectivity index (χ0n) is 16.3. The first-order valence-electron chi connectivity index (χ1n) is 8.75. The molecule has 0 saturated carbocycles. The molecule has 1 amide bonds. The average molecular weight is 456 g/mol. The van der Waals surface area contributed by atoms with Crippen LogP contribution >= 0.6 is 0 Å². The van der Waals surface area contributed by atoms with Gasteiger partial charge in [-0.1, -0.05) is 48.9 Å². The van der Waals surface area contributed by atoms with E-state index in [1.54, 1.807) is 44.6 Å². The summed E-state index contributed by atoms with van der Waals surface area (Å²) in [5.41, 5.74) is 0.0641. The summed E-state index contributed by atoms with van der Waals surface area (Å²) in [6, 6.07) is 16.8. The van der Waals surface area contributed by atoms with Crippen molar-refractivity contribution in [3.63, 3.8) is 0 Å².